The Bertz CT molecular complexity index is 999. The molecule has 3 aromatic rings. The normalized spacial score (nSPS) is 10.7. The standard InChI is InChI=1S/C18H14F2N2O4S/c1-9-13(22-17(26-9)15-4-3-5-27-15)8-16(23)21-14-6-10(18(24)25-2)11(19)7-12(14)20/h3-7H,8H2,1-2H3,(H,21,23). The summed E-state index contributed by atoms with van der Waals surface area (Å²) in [6.07, 6.45) is -0.176. The first-order valence-corrected chi connectivity index (χ1v) is 8.64. The second kappa shape index (κ2) is 7.67. The van der Waals surface area contributed by atoms with Crippen LogP contribution in [-0.4, -0.2) is 24.0 Å². The van der Waals surface area contributed by atoms with E-state index in [1.165, 1.54) is 11.3 Å². The summed E-state index contributed by atoms with van der Waals surface area (Å²) in [6.45, 7) is 1.67. The van der Waals surface area contributed by atoms with Crippen molar-refractivity contribution in [3.05, 3.63) is 58.3 Å². The number of esters is 1. The minimum absolute atomic E-state index is 0.176. The Morgan fingerprint density at radius 2 is 2.07 bits per heavy atom. The maximum atomic E-state index is 13.9. The van der Waals surface area contributed by atoms with Gasteiger partial charge >= 0.3 is 5.97 Å². The molecule has 1 N–H and O–H groups in total. The highest BCUT2D eigenvalue weighted by Gasteiger charge is 2.20. The molecule has 0 unspecified atom stereocenters. The number of aromatic nitrogens is 1. The van der Waals surface area contributed by atoms with Crippen molar-refractivity contribution in [1.29, 1.82) is 0 Å². The number of hydrogen-bond acceptors (Lipinski definition) is 6. The van der Waals surface area contributed by atoms with E-state index in [4.69, 9.17) is 4.42 Å². The molecular weight excluding hydrogens is 378 g/mol. The smallest absolute Gasteiger partial charge is 0.340 e. The molecule has 0 aliphatic rings. The largest absolute Gasteiger partial charge is 0.465 e. The van der Waals surface area contributed by atoms with E-state index >= 15 is 0 Å². The predicted molar refractivity (Wildman–Crippen MR) is 94.6 cm³/mol. The van der Waals surface area contributed by atoms with Crippen molar-refractivity contribution in [2.24, 2.45) is 0 Å². The van der Waals surface area contributed by atoms with Crippen molar-refractivity contribution in [1.82, 2.24) is 4.98 Å². The molecule has 0 radical (unpaired) electrons. The number of ether oxygens (including phenoxy) is 1. The number of hydrogen-bond donors (Lipinski definition) is 1. The summed E-state index contributed by atoms with van der Waals surface area (Å²) >= 11 is 1.44. The van der Waals surface area contributed by atoms with Gasteiger partial charge in [-0.05, 0) is 24.4 Å². The van der Waals surface area contributed by atoms with Gasteiger partial charge in [-0.3, -0.25) is 4.79 Å². The molecule has 140 valence electrons. The molecule has 0 aliphatic heterocycles. The fourth-order valence-electron chi connectivity index (χ4n) is 2.36. The highest BCUT2D eigenvalue weighted by molar-refractivity contribution is 7.13. The lowest BCUT2D eigenvalue weighted by atomic mass is 10.1. The minimum Gasteiger partial charge on any atom is -0.465 e. The fraction of sp³-hybridized carbons (Fsp3) is 0.167. The molecular formula is C18H14F2N2O4S. The van der Waals surface area contributed by atoms with E-state index in [1.54, 1.807) is 6.92 Å². The number of halogens is 2. The maximum absolute atomic E-state index is 13.9. The predicted octanol–water partition coefficient (Wildman–Crippen LogP) is 3.96. The van der Waals surface area contributed by atoms with E-state index in [0.717, 1.165) is 18.1 Å². The van der Waals surface area contributed by atoms with Crippen LogP contribution in [0.15, 0.2) is 34.1 Å². The Labute approximate surface area is 156 Å². The van der Waals surface area contributed by atoms with E-state index in [0.29, 0.717) is 23.4 Å². The highest BCUT2D eigenvalue weighted by Crippen LogP contribution is 2.26. The number of nitrogens with zero attached hydrogens (tertiary/aromatic N) is 1. The second-order valence-electron chi connectivity index (χ2n) is 5.53. The molecule has 0 bridgehead atoms. The van der Waals surface area contributed by atoms with Crippen LogP contribution in [-0.2, 0) is 16.0 Å². The van der Waals surface area contributed by atoms with Crippen LogP contribution < -0.4 is 5.32 Å². The van der Waals surface area contributed by atoms with Gasteiger partial charge in [0.2, 0.25) is 11.8 Å². The van der Waals surface area contributed by atoms with Crippen molar-refractivity contribution in [3.63, 3.8) is 0 Å². The van der Waals surface area contributed by atoms with Crippen LogP contribution in [0.5, 0.6) is 0 Å². The Morgan fingerprint density at radius 1 is 1.30 bits per heavy atom. The molecule has 0 saturated heterocycles. The third-order valence-electron chi connectivity index (χ3n) is 3.69. The number of carbonyl (C=O) groups excluding carboxylic acids is 2. The minimum atomic E-state index is -1.08. The van der Waals surface area contributed by atoms with Gasteiger partial charge in [0.25, 0.3) is 0 Å². The van der Waals surface area contributed by atoms with Crippen molar-refractivity contribution in [2.45, 2.75) is 13.3 Å². The number of methoxy groups -OCH3 is 1. The number of nitrogens with one attached hydrogen (secondary N) is 1. The Hall–Kier alpha value is -3.07. The number of oxazole rings is 1. The lowest BCUT2D eigenvalue weighted by Crippen LogP contribution is -2.17. The second-order valence-corrected chi connectivity index (χ2v) is 6.48. The molecule has 3 rings (SSSR count). The maximum Gasteiger partial charge on any atom is 0.340 e. The first-order valence-electron chi connectivity index (χ1n) is 7.76. The van der Waals surface area contributed by atoms with Crippen molar-refractivity contribution < 1.29 is 27.5 Å². The molecule has 2 aromatic heterocycles. The van der Waals surface area contributed by atoms with Gasteiger partial charge < -0.3 is 14.5 Å². The highest BCUT2D eigenvalue weighted by atomic mass is 32.1. The van der Waals surface area contributed by atoms with Gasteiger partial charge in [0.15, 0.2) is 0 Å². The lowest BCUT2D eigenvalue weighted by molar-refractivity contribution is -0.115. The number of carbonyl (C=O) groups is 2. The van der Waals surface area contributed by atoms with Gasteiger partial charge in [-0.2, -0.15) is 0 Å². The van der Waals surface area contributed by atoms with Crippen molar-refractivity contribution in [2.75, 3.05) is 12.4 Å². The first-order chi connectivity index (χ1) is 12.9. The molecule has 1 amide bonds. The van der Waals surface area contributed by atoms with E-state index < -0.39 is 29.1 Å². The van der Waals surface area contributed by atoms with E-state index in [9.17, 15) is 18.4 Å². The number of anilines is 1. The van der Waals surface area contributed by atoms with Gasteiger partial charge in [0.1, 0.15) is 17.4 Å². The molecule has 9 heteroatoms. The summed E-state index contributed by atoms with van der Waals surface area (Å²) in [6, 6.07) is 5.09. The average Bonchev–Trinajstić information content (AvgIpc) is 3.27. The Balaban J connectivity index is 1.78. The number of amides is 1. The average molecular weight is 392 g/mol. The van der Waals surface area contributed by atoms with Crippen LogP contribution in [0.25, 0.3) is 10.8 Å². The summed E-state index contributed by atoms with van der Waals surface area (Å²) < 4.78 is 37.6. The summed E-state index contributed by atoms with van der Waals surface area (Å²) in [5.74, 6) is -2.80. The summed E-state index contributed by atoms with van der Waals surface area (Å²) in [5.41, 5.74) is -0.417. The first kappa shape index (κ1) is 18.7. The van der Waals surface area contributed by atoms with Gasteiger partial charge in [0.05, 0.1) is 35.4 Å². The fourth-order valence-corrected chi connectivity index (χ4v) is 3.00. The van der Waals surface area contributed by atoms with Crippen LogP contribution in [0.4, 0.5) is 14.5 Å². The Kier molecular flexibility index (Phi) is 5.31. The van der Waals surface area contributed by atoms with Crippen LogP contribution in [0.2, 0.25) is 0 Å². The van der Waals surface area contributed by atoms with E-state index in [1.807, 2.05) is 17.5 Å². The van der Waals surface area contributed by atoms with Gasteiger partial charge in [-0.1, -0.05) is 6.07 Å². The molecule has 27 heavy (non-hydrogen) atoms. The van der Waals surface area contributed by atoms with E-state index in [-0.39, 0.29) is 12.1 Å². The molecule has 6 nitrogen and oxygen atoms in total. The quantitative estimate of drug-likeness (QED) is 0.665. The zero-order valence-corrected chi connectivity index (χ0v) is 15.2. The SMILES string of the molecule is COC(=O)c1cc(NC(=O)Cc2nc(-c3cccs3)oc2C)c(F)cc1F. The molecule has 0 aliphatic carbocycles. The zero-order valence-electron chi connectivity index (χ0n) is 14.3. The molecule has 0 spiro atoms. The van der Waals surface area contributed by atoms with Crippen LogP contribution in [0, 0.1) is 18.6 Å². The monoisotopic (exact) mass is 392 g/mol. The number of benzene rings is 1. The van der Waals surface area contributed by atoms with Crippen molar-refractivity contribution in [3.8, 4) is 10.8 Å². The zero-order chi connectivity index (χ0) is 19.6. The van der Waals surface area contributed by atoms with Gasteiger partial charge in [-0.25, -0.2) is 18.6 Å². The molecule has 0 saturated carbocycles. The topological polar surface area (TPSA) is 81.4 Å². The molecule has 0 atom stereocenters. The molecule has 0 fully saturated rings. The Morgan fingerprint density at radius 3 is 2.74 bits per heavy atom. The summed E-state index contributed by atoms with van der Waals surface area (Å²) in [5, 5.41) is 4.18. The lowest BCUT2D eigenvalue weighted by Gasteiger charge is -2.08. The number of thiophene rings is 1. The third kappa shape index (κ3) is 4.03. The third-order valence-corrected chi connectivity index (χ3v) is 4.55. The molecule has 1 aromatic carbocycles. The van der Waals surface area contributed by atoms with Crippen LogP contribution >= 0.6 is 11.3 Å². The summed E-state index contributed by atoms with van der Waals surface area (Å²) in [4.78, 5) is 28.9. The van der Waals surface area contributed by atoms with Crippen LogP contribution in [0.3, 0.4) is 0 Å². The molecule has 2 heterocycles. The van der Waals surface area contributed by atoms with Crippen LogP contribution in [0.1, 0.15) is 21.8 Å². The summed E-state index contributed by atoms with van der Waals surface area (Å²) in [7, 11) is 1.07. The number of aryl methyl sites for hydroxylation is 1. The van der Waals surface area contributed by atoms with E-state index in [2.05, 4.69) is 15.0 Å². The van der Waals surface area contributed by atoms with Crippen molar-refractivity contribution >= 4 is 28.9 Å². The van der Waals surface area contributed by atoms with Gasteiger partial charge in [-0.15, -0.1) is 11.3 Å². The van der Waals surface area contributed by atoms with Gasteiger partial charge in [0, 0.05) is 6.07 Å². The number of rotatable bonds is 5.